The number of thiazole rings is 1. The summed E-state index contributed by atoms with van der Waals surface area (Å²) in [4.78, 5) is 29.4. The number of carboxylic acid groups (broad SMARTS) is 1. The Morgan fingerprint density at radius 3 is 3.00 bits per heavy atom. The lowest BCUT2D eigenvalue weighted by molar-refractivity contribution is -0.147. The first kappa shape index (κ1) is 15.9. The maximum absolute atomic E-state index is 12.6. The topological polar surface area (TPSA) is 79.7 Å². The zero-order chi connectivity index (χ0) is 16.4. The molecule has 0 saturated carbocycles. The van der Waals surface area contributed by atoms with Gasteiger partial charge in [0, 0.05) is 22.5 Å². The van der Waals surface area contributed by atoms with Crippen molar-refractivity contribution in [2.45, 2.75) is 6.04 Å². The molecule has 0 spiro atoms. The van der Waals surface area contributed by atoms with Crippen LogP contribution in [-0.4, -0.2) is 52.7 Å². The number of hydrogen-bond acceptors (Lipinski definition) is 5. The first-order valence-corrected chi connectivity index (χ1v) is 8.15. The number of ether oxygens (including phenoxy) is 1. The van der Waals surface area contributed by atoms with Gasteiger partial charge in [-0.05, 0) is 12.1 Å². The van der Waals surface area contributed by atoms with E-state index in [2.05, 4.69) is 4.98 Å². The number of rotatable bonds is 3. The molecule has 0 aliphatic carbocycles. The monoisotopic (exact) mass is 352 g/mol. The summed E-state index contributed by atoms with van der Waals surface area (Å²) < 4.78 is 5.14. The van der Waals surface area contributed by atoms with Crippen molar-refractivity contribution in [3.63, 3.8) is 0 Å². The molecule has 1 atom stereocenters. The predicted molar refractivity (Wildman–Crippen MR) is 85.8 cm³/mol. The Bertz CT molecular complexity index is 749. The zero-order valence-corrected chi connectivity index (χ0v) is 13.5. The average molecular weight is 353 g/mol. The molecular formula is C15H13ClN2O4S. The van der Waals surface area contributed by atoms with Crippen LogP contribution in [0.25, 0.3) is 10.6 Å². The van der Waals surface area contributed by atoms with Crippen molar-refractivity contribution in [3.8, 4) is 10.6 Å². The van der Waals surface area contributed by atoms with E-state index in [0.29, 0.717) is 16.6 Å². The molecular weight excluding hydrogens is 340 g/mol. The van der Waals surface area contributed by atoms with Crippen LogP contribution >= 0.6 is 22.9 Å². The molecule has 1 unspecified atom stereocenters. The van der Waals surface area contributed by atoms with E-state index in [0.717, 1.165) is 5.56 Å². The minimum atomic E-state index is -1.08. The molecule has 1 aromatic carbocycles. The van der Waals surface area contributed by atoms with Crippen molar-refractivity contribution in [2.75, 3.05) is 19.8 Å². The molecule has 0 bridgehead atoms. The zero-order valence-electron chi connectivity index (χ0n) is 11.9. The van der Waals surface area contributed by atoms with Gasteiger partial charge in [0.15, 0.2) is 6.04 Å². The molecule has 1 aliphatic heterocycles. The van der Waals surface area contributed by atoms with Crippen molar-refractivity contribution in [1.29, 1.82) is 0 Å². The molecule has 1 N–H and O–H groups in total. The fourth-order valence-electron chi connectivity index (χ4n) is 2.32. The number of aliphatic carboxylic acids is 1. The van der Waals surface area contributed by atoms with Crippen LogP contribution in [0.15, 0.2) is 29.6 Å². The van der Waals surface area contributed by atoms with Crippen molar-refractivity contribution >= 4 is 34.8 Å². The number of amides is 1. The van der Waals surface area contributed by atoms with E-state index in [4.69, 9.17) is 16.3 Å². The lowest BCUT2D eigenvalue weighted by atomic mass is 10.2. The number of morpholine rings is 1. The van der Waals surface area contributed by atoms with Gasteiger partial charge < -0.3 is 14.7 Å². The number of halogens is 1. The van der Waals surface area contributed by atoms with Crippen molar-refractivity contribution < 1.29 is 19.4 Å². The lowest BCUT2D eigenvalue weighted by Crippen LogP contribution is -2.52. The molecule has 1 aliphatic rings. The fraction of sp³-hybridized carbons (Fsp3) is 0.267. The molecule has 8 heteroatoms. The summed E-state index contributed by atoms with van der Waals surface area (Å²) >= 11 is 7.28. The quantitative estimate of drug-likeness (QED) is 0.917. The van der Waals surface area contributed by atoms with Gasteiger partial charge in [-0.25, -0.2) is 9.78 Å². The first-order chi connectivity index (χ1) is 11.1. The molecule has 23 heavy (non-hydrogen) atoms. The summed E-state index contributed by atoms with van der Waals surface area (Å²) in [5.74, 6) is -1.48. The maximum atomic E-state index is 12.6. The summed E-state index contributed by atoms with van der Waals surface area (Å²) in [6, 6.07) is 6.21. The molecule has 0 radical (unpaired) electrons. The van der Waals surface area contributed by atoms with Crippen LogP contribution in [0, 0.1) is 0 Å². The van der Waals surface area contributed by atoms with Crippen molar-refractivity contribution in [1.82, 2.24) is 9.88 Å². The molecule has 1 amide bonds. The van der Waals surface area contributed by atoms with E-state index in [1.807, 2.05) is 12.1 Å². The predicted octanol–water partition coefficient (Wildman–Crippen LogP) is 2.39. The Labute approximate surface area is 141 Å². The SMILES string of the molecule is O=C(O)C1COCCN1C(=O)c1csc(-c2cccc(Cl)c2)n1. The number of hydrogen-bond donors (Lipinski definition) is 1. The molecule has 6 nitrogen and oxygen atoms in total. The van der Waals surface area contributed by atoms with Gasteiger partial charge in [0.05, 0.1) is 13.2 Å². The highest BCUT2D eigenvalue weighted by Gasteiger charge is 2.34. The standard InChI is InChI=1S/C15H13ClN2O4S/c16-10-3-1-2-9(6-10)13-17-11(8-23-13)14(19)18-4-5-22-7-12(18)15(20)21/h1-3,6,8,12H,4-5,7H2,(H,20,21). The smallest absolute Gasteiger partial charge is 0.328 e. The highest BCUT2D eigenvalue weighted by atomic mass is 35.5. The Balaban J connectivity index is 1.84. The van der Waals surface area contributed by atoms with Crippen molar-refractivity contribution in [2.24, 2.45) is 0 Å². The highest BCUT2D eigenvalue weighted by Crippen LogP contribution is 2.27. The van der Waals surface area contributed by atoms with E-state index >= 15 is 0 Å². The summed E-state index contributed by atoms with van der Waals surface area (Å²) in [7, 11) is 0. The van der Waals surface area contributed by atoms with E-state index in [1.165, 1.54) is 16.2 Å². The second kappa shape index (κ2) is 6.66. The van der Waals surface area contributed by atoms with Crippen LogP contribution in [0.5, 0.6) is 0 Å². The van der Waals surface area contributed by atoms with Crippen LogP contribution in [-0.2, 0) is 9.53 Å². The van der Waals surface area contributed by atoms with E-state index < -0.39 is 17.9 Å². The second-order valence-electron chi connectivity index (χ2n) is 4.98. The largest absolute Gasteiger partial charge is 0.480 e. The van der Waals surface area contributed by atoms with Gasteiger partial charge in [0.1, 0.15) is 10.7 Å². The Morgan fingerprint density at radius 2 is 2.26 bits per heavy atom. The van der Waals surface area contributed by atoms with Gasteiger partial charge in [-0.2, -0.15) is 0 Å². The highest BCUT2D eigenvalue weighted by molar-refractivity contribution is 7.13. The minimum absolute atomic E-state index is 0.00758. The van der Waals surface area contributed by atoms with Crippen molar-refractivity contribution in [3.05, 3.63) is 40.4 Å². The molecule has 2 aromatic rings. The third-order valence-electron chi connectivity index (χ3n) is 3.47. The Hall–Kier alpha value is -1.96. The van der Waals surface area contributed by atoms with Gasteiger partial charge in [-0.1, -0.05) is 23.7 Å². The average Bonchev–Trinajstić information content (AvgIpc) is 3.04. The summed E-state index contributed by atoms with van der Waals surface area (Å²) in [6.07, 6.45) is 0. The third-order valence-corrected chi connectivity index (χ3v) is 4.60. The molecule has 1 fully saturated rings. The number of aromatic nitrogens is 1. The van der Waals surface area contributed by atoms with E-state index in [-0.39, 0.29) is 18.8 Å². The normalized spacial score (nSPS) is 18.0. The van der Waals surface area contributed by atoms with E-state index in [9.17, 15) is 14.7 Å². The van der Waals surface area contributed by atoms with Gasteiger partial charge in [0.25, 0.3) is 5.91 Å². The summed E-state index contributed by atoms with van der Waals surface area (Å²) in [5.41, 5.74) is 1.05. The van der Waals surface area contributed by atoms with Gasteiger partial charge >= 0.3 is 5.97 Å². The van der Waals surface area contributed by atoms with Gasteiger partial charge in [0.2, 0.25) is 0 Å². The molecule has 1 saturated heterocycles. The van der Waals surface area contributed by atoms with Crippen LogP contribution in [0.3, 0.4) is 0 Å². The number of carboxylic acids is 1. The van der Waals surface area contributed by atoms with E-state index in [1.54, 1.807) is 17.5 Å². The number of carbonyl (C=O) groups is 2. The Kier molecular flexibility index (Phi) is 4.61. The van der Waals surface area contributed by atoms with Crippen LogP contribution < -0.4 is 0 Å². The van der Waals surface area contributed by atoms with Crippen LogP contribution in [0.2, 0.25) is 5.02 Å². The third kappa shape index (κ3) is 3.36. The summed E-state index contributed by atoms with van der Waals surface area (Å²) in [5, 5.41) is 12.1. The fourth-order valence-corrected chi connectivity index (χ4v) is 3.31. The van der Waals surface area contributed by atoms with Gasteiger partial charge in [-0.15, -0.1) is 11.3 Å². The maximum Gasteiger partial charge on any atom is 0.328 e. The lowest BCUT2D eigenvalue weighted by Gasteiger charge is -2.32. The van der Waals surface area contributed by atoms with Crippen LogP contribution in [0.4, 0.5) is 0 Å². The second-order valence-corrected chi connectivity index (χ2v) is 6.27. The first-order valence-electron chi connectivity index (χ1n) is 6.89. The number of nitrogens with zero attached hydrogens (tertiary/aromatic N) is 2. The molecule has 2 heterocycles. The summed E-state index contributed by atoms with van der Waals surface area (Å²) in [6.45, 7) is 0.549. The van der Waals surface area contributed by atoms with Crippen LogP contribution in [0.1, 0.15) is 10.5 Å². The molecule has 3 rings (SSSR count). The minimum Gasteiger partial charge on any atom is -0.480 e. The number of carbonyl (C=O) groups excluding carboxylic acids is 1. The Morgan fingerprint density at radius 1 is 1.43 bits per heavy atom. The van der Waals surface area contributed by atoms with Gasteiger partial charge in [-0.3, -0.25) is 4.79 Å². The number of benzene rings is 1. The molecule has 120 valence electrons. The molecule has 1 aromatic heterocycles.